The number of carboxylic acid groups (broad SMARTS) is 1. The molecule has 0 bridgehead atoms. The molecule has 0 saturated heterocycles. The number of fused-ring (bicyclic) bond motifs is 1. The molecule has 0 spiro atoms. The Morgan fingerprint density at radius 2 is 2.29 bits per heavy atom. The second-order valence-corrected chi connectivity index (χ2v) is 3.45. The topological polar surface area (TPSA) is 80.6 Å². The summed E-state index contributed by atoms with van der Waals surface area (Å²) in [6.07, 6.45) is 0. The number of carboxylic acids is 1. The molecule has 5 nitrogen and oxygen atoms in total. The summed E-state index contributed by atoms with van der Waals surface area (Å²) >= 11 is 3.18. The molecule has 0 atom stereocenters. The van der Waals surface area contributed by atoms with Crippen LogP contribution in [-0.2, 0) is 0 Å². The van der Waals surface area contributed by atoms with Crippen LogP contribution in [0.5, 0.6) is 0 Å². The highest BCUT2D eigenvalue weighted by molar-refractivity contribution is 9.10. The summed E-state index contributed by atoms with van der Waals surface area (Å²) in [4.78, 5) is 14.9. The summed E-state index contributed by atoms with van der Waals surface area (Å²) in [5, 5.41) is 8.91. The number of nitrogen functional groups attached to an aromatic ring is 1. The van der Waals surface area contributed by atoms with Crippen molar-refractivity contribution in [1.82, 2.24) is 9.38 Å². The number of halogens is 1. The Morgan fingerprint density at radius 1 is 1.57 bits per heavy atom. The van der Waals surface area contributed by atoms with Crippen LogP contribution in [0.15, 0.2) is 22.8 Å². The molecule has 0 unspecified atom stereocenters. The average molecular weight is 256 g/mol. The van der Waals surface area contributed by atoms with Crippen molar-refractivity contribution in [3.63, 3.8) is 0 Å². The van der Waals surface area contributed by atoms with E-state index in [4.69, 9.17) is 10.8 Å². The fraction of sp³-hybridized carbons (Fsp3) is 0. The van der Waals surface area contributed by atoms with Crippen molar-refractivity contribution in [2.24, 2.45) is 0 Å². The SMILES string of the molecule is Nc1nc2cccc(C(=O)O)n2c1Br. The largest absolute Gasteiger partial charge is 0.477 e. The van der Waals surface area contributed by atoms with Crippen molar-refractivity contribution in [3.05, 3.63) is 28.5 Å². The van der Waals surface area contributed by atoms with Gasteiger partial charge in [-0.2, -0.15) is 0 Å². The van der Waals surface area contributed by atoms with Crippen molar-refractivity contribution < 1.29 is 9.90 Å². The van der Waals surface area contributed by atoms with E-state index in [0.29, 0.717) is 10.3 Å². The molecule has 0 amide bonds. The lowest BCUT2D eigenvalue weighted by Gasteiger charge is -2.00. The quantitative estimate of drug-likeness (QED) is 0.807. The van der Waals surface area contributed by atoms with Gasteiger partial charge in [0.1, 0.15) is 15.9 Å². The molecule has 2 aromatic rings. The van der Waals surface area contributed by atoms with Crippen molar-refractivity contribution in [3.8, 4) is 0 Å². The fourth-order valence-corrected chi connectivity index (χ4v) is 1.70. The zero-order chi connectivity index (χ0) is 10.3. The summed E-state index contributed by atoms with van der Waals surface area (Å²) in [6.45, 7) is 0. The van der Waals surface area contributed by atoms with Crippen LogP contribution >= 0.6 is 15.9 Å². The number of anilines is 1. The van der Waals surface area contributed by atoms with Gasteiger partial charge in [-0.05, 0) is 28.1 Å². The monoisotopic (exact) mass is 255 g/mol. The van der Waals surface area contributed by atoms with E-state index in [1.807, 2.05) is 0 Å². The molecular formula is C8H6BrN3O2. The lowest BCUT2D eigenvalue weighted by Crippen LogP contribution is -2.04. The maximum atomic E-state index is 10.9. The van der Waals surface area contributed by atoms with Gasteiger partial charge >= 0.3 is 5.97 Å². The molecule has 2 rings (SSSR count). The molecule has 0 saturated carbocycles. The number of aromatic nitrogens is 2. The molecule has 0 fully saturated rings. The normalized spacial score (nSPS) is 10.6. The van der Waals surface area contributed by atoms with Crippen LogP contribution in [0.1, 0.15) is 10.5 Å². The smallest absolute Gasteiger partial charge is 0.352 e. The molecule has 2 aromatic heterocycles. The summed E-state index contributed by atoms with van der Waals surface area (Å²) < 4.78 is 1.91. The lowest BCUT2D eigenvalue weighted by atomic mass is 10.3. The van der Waals surface area contributed by atoms with Crippen LogP contribution in [0.4, 0.5) is 5.82 Å². The van der Waals surface area contributed by atoms with Gasteiger partial charge in [0.2, 0.25) is 0 Å². The Hall–Kier alpha value is -1.56. The molecule has 3 N–H and O–H groups in total. The first kappa shape index (κ1) is 9.01. The summed E-state index contributed by atoms with van der Waals surface area (Å²) in [5.74, 6) is -0.743. The predicted molar refractivity (Wildman–Crippen MR) is 54.3 cm³/mol. The van der Waals surface area contributed by atoms with Gasteiger partial charge in [0.05, 0.1) is 0 Å². The second kappa shape index (κ2) is 2.98. The van der Waals surface area contributed by atoms with E-state index >= 15 is 0 Å². The van der Waals surface area contributed by atoms with Crippen LogP contribution in [0.25, 0.3) is 5.65 Å². The first-order valence-electron chi connectivity index (χ1n) is 3.77. The van der Waals surface area contributed by atoms with Gasteiger partial charge in [0, 0.05) is 0 Å². The van der Waals surface area contributed by atoms with Crippen LogP contribution in [0.3, 0.4) is 0 Å². The predicted octanol–water partition coefficient (Wildman–Crippen LogP) is 1.38. The molecule has 72 valence electrons. The molecule has 14 heavy (non-hydrogen) atoms. The molecule has 0 aliphatic rings. The van der Waals surface area contributed by atoms with Gasteiger partial charge in [-0.25, -0.2) is 9.78 Å². The summed E-state index contributed by atoms with van der Waals surface area (Å²) in [5.41, 5.74) is 6.18. The Labute approximate surface area is 87.3 Å². The number of hydrogen-bond donors (Lipinski definition) is 2. The van der Waals surface area contributed by atoms with Gasteiger partial charge in [0.25, 0.3) is 0 Å². The van der Waals surface area contributed by atoms with Gasteiger partial charge < -0.3 is 10.8 Å². The highest BCUT2D eigenvalue weighted by atomic mass is 79.9. The Balaban J connectivity index is 2.91. The van der Waals surface area contributed by atoms with Crippen molar-refractivity contribution >= 4 is 33.4 Å². The third kappa shape index (κ3) is 1.15. The molecule has 0 radical (unpaired) electrons. The second-order valence-electron chi connectivity index (χ2n) is 2.70. The minimum absolute atomic E-state index is 0.124. The van der Waals surface area contributed by atoms with Crippen molar-refractivity contribution in [2.45, 2.75) is 0 Å². The third-order valence-corrected chi connectivity index (χ3v) is 2.59. The zero-order valence-corrected chi connectivity index (χ0v) is 8.52. The molecule has 2 heterocycles. The number of rotatable bonds is 1. The zero-order valence-electron chi connectivity index (χ0n) is 6.94. The molecule has 6 heteroatoms. The van der Waals surface area contributed by atoms with Gasteiger partial charge in [-0.1, -0.05) is 6.07 Å². The number of carbonyl (C=O) groups is 1. The standard InChI is InChI=1S/C8H6BrN3O2/c9-6-7(10)11-5-3-1-2-4(8(13)14)12(5)6/h1-3H,10H2,(H,13,14). The summed E-state index contributed by atoms with van der Waals surface area (Å²) in [7, 11) is 0. The fourth-order valence-electron chi connectivity index (χ4n) is 1.24. The highest BCUT2D eigenvalue weighted by Gasteiger charge is 2.13. The lowest BCUT2D eigenvalue weighted by molar-refractivity contribution is 0.0688. The Kier molecular flexibility index (Phi) is 1.92. The van der Waals surface area contributed by atoms with E-state index in [1.54, 1.807) is 12.1 Å². The Bertz CT molecular complexity index is 521. The average Bonchev–Trinajstić information content (AvgIpc) is 2.43. The maximum Gasteiger partial charge on any atom is 0.352 e. The number of nitrogens with zero attached hydrogens (tertiary/aromatic N) is 2. The molecule has 0 aliphatic heterocycles. The number of aromatic carboxylic acids is 1. The van der Waals surface area contributed by atoms with E-state index in [1.165, 1.54) is 10.5 Å². The number of hydrogen-bond acceptors (Lipinski definition) is 3. The Morgan fingerprint density at radius 3 is 2.93 bits per heavy atom. The van der Waals surface area contributed by atoms with Gasteiger partial charge in [-0.3, -0.25) is 4.40 Å². The molecule has 0 aliphatic carbocycles. The van der Waals surface area contributed by atoms with Crippen LogP contribution in [0.2, 0.25) is 0 Å². The first-order chi connectivity index (χ1) is 6.61. The first-order valence-corrected chi connectivity index (χ1v) is 4.56. The molecule has 0 aromatic carbocycles. The maximum absolute atomic E-state index is 10.9. The third-order valence-electron chi connectivity index (χ3n) is 1.83. The highest BCUT2D eigenvalue weighted by Crippen LogP contribution is 2.22. The van der Waals surface area contributed by atoms with Crippen molar-refractivity contribution in [2.75, 3.05) is 5.73 Å². The van der Waals surface area contributed by atoms with Gasteiger partial charge in [0.15, 0.2) is 5.82 Å². The number of nitrogens with two attached hydrogens (primary N) is 1. The van der Waals surface area contributed by atoms with Crippen LogP contribution in [-0.4, -0.2) is 20.5 Å². The minimum atomic E-state index is -1.02. The van der Waals surface area contributed by atoms with Crippen LogP contribution in [0, 0.1) is 0 Å². The van der Waals surface area contributed by atoms with E-state index in [2.05, 4.69) is 20.9 Å². The van der Waals surface area contributed by atoms with E-state index < -0.39 is 5.97 Å². The summed E-state index contributed by atoms with van der Waals surface area (Å²) in [6, 6.07) is 4.80. The van der Waals surface area contributed by atoms with Gasteiger partial charge in [-0.15, -0.1) is 0 Å². The van der Waals surface area contributed by atoms with E-state index in [0.717, 1.165) is 0 Å². The minimum Gasteiger partial charge on any atom is -0.477 e. The van der Waals surface area contributed by atoms with E-state index in [-0.39, 0.29) is 11.5 Å². The number of imidazole rings is 1. The number of pyridine rings is 1. The van der Waals surface area contributed by atoms with Crippen LogP contribution < -0.4 is 5.73 Å². The van der Waals surface area contributed by atoms with Crippen molar-refractivity contribution in [1.29, 1.82) is 0 Å². The molecular weight excluding hydrogens is 250 g/mol. The van der Waals surface area contributed by atoms with E-state index in [9.17, 15) is 4.79 Å².